The minimum atomic E-state index is 0.913. The summed E-state index contributed by atoms with van der Waals surface area (Å²) in [6, 6.07) is 0. The first-order valence-electron chi connectivity index (χ1n) is 7.57. The number of hydrogen-bond donors (Lipinski definition) is 1. The average molecular weight is 257 g/mol. The molecule has 0 amide bonds. The first-order valence-corrected chi connectivity index (χ1v) is 8.20. The van der Waals surface area contributed by atoms with Gasteiger partial charge in [-0.2, -0.15) is 12.6 Å². The molecule has 0 aliphatic carbocycles. The summed E-state index contributed by atoms with van der Waals surface area (Å²) in [6.07, 6.45) is 9.80. The number of hydrogen-bond acceptors (Lipinski definition) is 2. The van der Waals surface area contributed by atoms with E-state index in [-0.39, 0.29) is 0 Å². The molecule has 0 spiro atoms. The van der Waals surface area contributed by atoms with E-state index in [1.165, 1.54) is 64.6 Å². The third-order valence-corrected chi connectivity index (χ3v) is 4.51. The molecule has 1 saturated heterocycles. The Hall–Kier alpha value is 0.310. The molecule has 17 heavy (non-hydrogen) atoms. The maximum absolute atomic E-state index is 4.24. The van der Waals surface area contributed by atoms with Gasteiger partial charge in [0.25, 0.3) is 0 Å². The van der Waals surface area contributed by atoms with E-state index in [1.54, 1.807) is 0 Å². The van der Waals surface area contributed by atoms with E-state index in [9.17, 15) is 0 Å². The normalized spacial score (nSPS) is 25.6. The maximum atomic E-state index is 4.24. The highest BCUT2D eigenvalue weighted by molar-refractivity contribution is 7.80. The van der Waals surface area contributed by atoms with Crippen LogP contribution in [0.3, 0.4) is 0 Å². The predicted octanol–water partition coefficient (Wildman–Crippen LogP) is 4.23. The minimum Gasteiger partial charge on any atom is -0.303 e. The highest BCUT2D eigenvalue weighted by Crippen LogP contribution is 2.22. The summed E-state index contributed by atoms with van der Waals surface area (Å²) < 4.78 is 0. The fraction of sp³-hybridized carbons (Fsp3) is 1.00. The maximum Gasteiger partial charge on any atom is 0.00102 e. The molecule has 0 radical (unpaired) electrons. The molecule has 0 N–H and O–H groups in total. The van der Waals surface area contributed by atoms with Crippen molar-refractivity contribution in [1.82, 2.24) is 4.90 Å². The lowest BCUT2D eigenvalue weighted by Gasteiger charge is -2.14. The van der Waals surface area contributed by atoms with Crippen molar-refractivity contribution in [3.63, 3.8) is 0 Å². The number of nitrogens with zero attached hydrogens (tertiary/aromatic N) is 1. The van der Waals surface area contributed by atoms with E-state index in [2.05, 4.69) is 31.4 Å². The number of rotatable bonds is 9. The van der Waals surface area contributed by atoms with Crippen LogP contribution >= 0.6 is 12.6 Å². The SMILES string of the molecule is CC1CN(CCCCCCCCCS)CC1C. The molecule has 1 heterocycles. The average Bonchev–Trinajstić information content (AvgIpc) is 2.62. The van der Waals surface area contributed by atoms with Gasteiger partial charge in [-0.05, 0) is 37.0 Å². The van der Waals surface area contributed by atoms with Gasteiger partial charge in [0.1, 0.15) is 0 Å². The van der Waals surface area contributed by atoms with Gasteiger partial charge < -0.3 is 4.90 Å². The van der Waals surface area contributed by atoms with Crippen LogP contribution in [0.1, 0.15) is 58.8 Å². The second kappa shape index (κ2) is 9.27. The van der Waals surface area contributed by atoms with Gasteiger partial charge in [-0.15, -0.1) is 0 Å². The molecule has 2 heteroatoms. The Kier molecular flexibility index (Phi) is 8.38. The Labute approximate surface area is 114 Å². The summed E-state index contributed by atoms with van der Waals surface area (Å²) in [4.78, 5) is 2.66. The first kappa shape index (κ1) is 15.4. The Bertz CT molecular complexity index is 174. The molecule has 0 aromatic heterocycles. The van der Waals surface area contributed by atoms with Crippen LogP contribution < -0.4 is 0 Å². The fourth-order valence-corrected chi connectivity index (χ4v) is 2.99. The number of unbranched alkanes of at least 4 members (excludes halogenated alkanes) is 6. The van der Waals surface area contributed by atoms with Crippen molar-refractivity contribution in [2.24, 2.45) is 11.8 Å². The lowest BCUT2D eigenvalue weighted by molar-refractivity contribution is 0.314. The van der Waals surface area contributed by atoms with Crippen LogP contribution in [0.25, 0.3) is 0 Å². The van der Waals surface area contributed by atoms with E-state index >= 15 is 0 Å². The molecule has 102 valence electrons. The van der Waals surface area contributed by atoms with Crippen LogP contribution in [0.15, 0.2) is 0 Å². The van der Waals surface area contributed by atoms with Crippen molar-refractivity contribution in [1.29, 1.82) is 0 Å². The Morgan fingerprint density at radius 2 is 1.29 bits per heavy atom. The summed E-state index contributed by atoms with van der Waals surface area (Å²) >= 11 is 4.24. The molecule has 0 saturated carbocycles. The molecule has 1 rings (SSSR count). The highest BCUT2D eigenvalue weighted by atomic mass is 32.1. The molecule has 0 aromatic rings. The summed E-state index contributed by atoms with van der Waals surface area (Å²) in [5.41, 5.74) is 0. The zero-order chi connectivity index (χ0) is 12.5. The summed E-state index contributed by atoms with van der Waals surface area (Å²) in [5.74, 6) is 2.89. The van der Waals surface area contributed by atoms with Crippen molar-refractivity contribution in [3.8, 4) is 0 Å². The van der Waals surface area contributed by atoms with E-state index in [0.29, 0.717) is 0 Å². The lowest BCUT2D eigenvalue weighted by atomic mass is 10.0. The Balaban J connectivity index is 1.85. The third-order valence-electron chi connectivity index (χ3n) is 4.20. The van der Waals surface area contributed by atoms with Crippen molar-refractivity contribution in [3.05, 3.63) is 0 Å². The third kappa shape index (κ3) is 6.71. The van der Waals surface area contributed by atoms with E-state index in [1.807, 2.05) is 0 Å². The molecule has 1 aliphatic heterocycles. The first-order chi connectivity index (χ1) is 8.24. The van der Waals surface area contributed by atoms with E-state index < -0.39 is 0 Å². The highest BCUT2D eigenvalue weighted by Gasteiger charge is 2.24. The van der Waals surface area contributed by atoms with Crippen LogP contribution in [0.4, 0.5) is 0 Å². The topological polar surface area (TPSA) is 3.24 Å². The van der Waals surface area contributed by atoms with Crippen LogP contribution in [-0.2, 0) is 0 Å². The van der Waals surface area contributed by atoms with Crippen molar-refractivity contribution in [2.75, 3.05) is 25.4 Å². The monoisotopic (exact) mass is 257 g/mol. The van der Waals surface area contributed by atoms with Crippen LogP contribution in [-0.4, -0.2) is 30.3 Å². The number of likely N-dealkylation sites (tertiary alicyclic amines) is 1. The van der Waals surface area contributed by atoms with Gasteiger partial charge in [-0.3, -0.25) is 0 Å². The fourth-order valence-electron chi connectivity index (χ4n) is 2.76. The Morgan fingerprint density at radius 3 is 1.82 bits per heavy atom. The van der Waals surface area contributed by atoms with Crippen LogP contribution in [0, 0.1) is 11.8 Å². The quantitative estimate of drug-likeness (QED) is 0.478. The molecular formula is C15H31NS. The summed E-state index contributed by atoms with van der Waals surface area (Å²) in [6.45, 7) is 8.80. The van der Waals surface area contributed by atoms with Gasteiger partial charge in [-0.25, -0.2) is 0 Å². The summed E-state index contributed by atoms with van der Waals surface area (Å²) in [5, 5.41) is 0. The predicted molar refractivity (Wildman–Crippen MR) is 80.9 cm³/mol. The van der Waals surface area contributed by atoms with Gasteiger partial charge in [0.05, 0.1) is 0 Å². The molecule has 1 nitrogen and oxygen atoms in total. The Morgan fingerprint density at radius 1 is 0.824 bits per heavy atom. The van der Waals surface area contributed by atoms with E-state index in [4.69, 9.17) is 0 Å². The lowest BCUT2D eigenvalue weighted by Crippen LogP contribution is -2.21. The second-order valence-corrected chi connectivity index (χ2v) is 6.36. The molecule has 1 fully saturated rings. The smallest absolute Gasteiger partial charge is 0.00102 e. The number of thiol groups is 1. The van der Waals surface area contributed by atoms with Gasteiger partial charge in [0, 0.05) is 13.1 Å². The molecule has 2 unspecified atom stereocenters. The van der Waals surface area contributed by atoms with E-state index in [0.717, 1.165) is 17.6 Å². The minimum absolute atomic E-state index is 0.913. The zero-order valence-corrected chi connectivity index (χ0v) is 12.7. The van der Waals surface area contributed by atoms with Gasteiger partial charge in [-0.1, -0.05) is 46.0 Å². The summed E-state index contributed by atoms with van der Waals surface area (Å²) in [7, 11) is 0. The van der Waals surface area contributed by atoms with Crippen molar-refractivity contribution >= 4 is 12.6 Å². The molecule has 0 aromatic carbocycles. The van der Waals surface area contributed by atoms with Crippen molar-refractivity contribution in [2.45, 2.75) is 58.8 Å². The molecule has 2 atom stereocenters. The molecule has 0 bridgehead atoms. The van der Waals surface area contributed by atoms with Gasteiger partial charge >= 0.3 is 0 Å². The standard InChI is InChI=1S/C15H31NS/c1-14-12-16(13-15(14)2)10-8-6-4-3-5-7-9-11-17/h14-15,17H,3-13H2,1-2H3. The second-order valence-electron chi connectivity index (χ2n) is 5.91. The largest absolute Gasteiger partial charge is 0.303 e. The zero-order valence-electron chi connectivity index (χ0n) is 11.8. The molecular weight excluding hydrogens is 226 g/mol. The van der Waals surface area contributed by atoms with Crippen molar-refractivity contribution < 1.29 is 0 Å². The van der Waals surface area contributed by atoms with Crippen LogP contribution in [0.2, 0.25) is 0 Å². The molecule has 1 aliphatic rings. The van der Waals surface area contributed by atoms with Gasteiger partial charge in [0.15, 0.2) is 0 Å². The van der Waals surface area contributed by atoms with Gasteiger partial charge in [0.2, 0.25) is 0 Å². The van der Waals surface area contributed by atoms with Crippen LogP contribution in [0.5, 0.6) is 0 Å².